The van der Waals surface area contributed by atoms with E-state index in [1.807, 2.05) is 4.90 Å². The number of nitrogens with zero attached hydrogens (tertiary/aromatic N) is 1. The molecule has 1 heterocycles. The van der Waals surface area contributed by atoms with Gasteiger partial charge in [0, 0.05) is 12.0 Å². The summed E-state index contributed by atoms with van der Waals surface area (Å²) in [5.74, 6) is 0.787. The van der Waals surface area contributed by atoms with E-state index in [0.29, 0.717) is 18.2 Å². The van der Waals surface area contributed by atoms with Gasteiger partial charge in [-0.1, -0.05) is 43.7 Å². The Bertz CT molecular complexity index is 431. The maximum Gasteiger partial charge on any atom is 0.223 e. The molecule has 0 unspecified atom stereocenters. The summed E-state index contributed by atoms with van der Waals surface area (Å²) >= 11 is 0. The minimum Gasteiger partial charge on any atom is -0.331 e. The van der Waals surface area contributed by atoms with Crippen molar-refractivity contribution >= 4 is 5.91 Å². The van der Waals surface area contributed by atoms with E-state index in [1.165, 1.54) is 11.1 Å². The average Bonchev–Trinajstić information content (AvgIpc) is 2.41. The van der Waals surface area contributed by atoms with Crippen molar-refractivity contribution in [1.29, 1.82) is 0 Å². The van der Waals surface area contributed by atoms with Crippen molar-refractivity contribution in [2.75, 3.05) is 26.2 Å². The largest absolute Gasteiger partial charge is 0.331 e. The van der Waals surface area contributed by atoms with Crippen molar-refractivity contribution in [2.24, 2.45) is 5.92 Å². The number of aryl methyl sites for hydroxylation is 1. The molecule has 0 spiro atoms. The Morgan fingerprint density at radius 3 is 2.35 bits per heavy atom. The maximum atomic E-state index is 12.0. The van der Waals surface area contributed by atoms with Gasteiger partial charge in [0.05, 0.1) is 26.2 Å². The number of nitrogens with one attached hydrogen (secondary N) is 1. The van der Waals surface area contributed by atoms with Gasteiger partial charge < -0.3 is 9.80 Å². The molecule has 3 nitrogen and oxygen atoms in total. The lowest BCUT2D eigenvalue weighted by Crippen LogP contribution is -3.13. The molecule has 1 N–H and O–H groups in total. The van der Waals surface area contributed by atoms with Crippen LogP contribution in [0.25, 0.3) is 0 Å². The summed E-state index contributed by atoms with van der Waals surface area (Å²) in [4.78, 5) is 15.7. The van der Waals surface area contributed by atoms with Gasteiger partial charge in [0.2, 0.25) is 5.91 Å². The van der Waals surface area contributed by atoms with Crippen molar-refractivity contribution in [1.82, 2.24) is 4.90 Å². The molecule has 1 saturated heterocycles. The maximum absolute atomic E-state index is 12.0. The van der Waals surface area contributed by atoms with E-state index in [2.05, 4.69) is 45.0 Å². The fourth-order valence-corrected chi connectivity index (χ4v) is 2.72. The first-order chi connectivity index (χ1) is 9.54. The molecule has 0 radical (unpaired) electrons. The summed E-state index contributed by atoms with van der Waals surface area (Å²) in [5, 5.41) is 0. The van der Waals surface area contributed by atoms with Crippen LogP contribution in [0.1, 0.15) is 31.4 Å². The molecule has 1 aliphatic rings. The van der Waals surface area contributed by atoms with Crippen LogP contribution in [-0.4, -0.2) is 37.0 Å². The SMILES string of the molecule is Cc1ccc(C[NH+]2CCN(C(=O)CC(C)C)CC2)cc1. The molecule has 1 aromatic carbocycles. The van der Waals surface area contributed by atoms with E-state index in [1.54, 1.807) is 4.90 Å². The van der Waals surface area contributed by atoms with Crippen molar-refractivity contribution in [3.63, 3.8) is 0 Å². The van der Waals surface area contributed by atoms with Gasteiger partial charge in [0.1, 0.15) is 6.54 Å². The van der Waals surface area contributed by atoms with Crippen molar-refractivity contribution in [3.05, 3.63) is 35.4 Å². The van der Waals surface area contributed by atoms with Gasteiger partial charge in [-0.3, -0.25) is 4.79 Å². The van der Waals surface area contributed by atoms with Crippen molar-refractivity contribution in [3.8, 4) is 0 Å². The van der Waals surface area contributed by atoms with Crippen molar-refractivity contribution < 1.29 is 9.69 Å². The highest BCUT2D eigenvalue weighted by Gasteiger charge is 2.23. The van der Waals surface area contributed by atoms with E-state index in [0.717, 1.165) is 32.7 Å². The zero-order valence-electron chi connectivity index (χ0n) is 13.0. The Morgan fingerprint density at radius 1 is 1.20 bits per heavy atom. The molecule has 0 bridgehead atoms. The van der Waals surface area contributed by atoms with Gasteiger partial charge in [0.25, 0.3) is 0 Å². The molecule has 3 heteroatoms. The number of amides is 1. The number of quaternary nitrogens is 1. The molecule has 2 rings (SSSR count). The normalized spacial score (nSPS) is 16.7. The molecule has 0 aromatic heterocycles. The van der Waals surface area contributed by atoms with Gasteiger partial charge >= 0.3 is 0 Å². The average molecular weight is 275 g/mol. The minimum atomic E-state index is 0.328. The van der Waals surface area contributed by atoms with E-state index in [-0.39, 0.29) is 0 Å². The van der Waals surface area contributed by atoms with Crippen LogP contribution < -0.4 is 4.90 Å². The molecule has 0 aliphatic carbocycles. The predicted octanol–water partition coefficient (Wildman–Crippen LogP) is 1.27. The zero-order chi connectivity index (χ0) is 14.5. The monoisotopic (exact) mass is 275 g/mol. The van der Waals surface area contributed by atoms with Crippen LogP contribution in [0.15, 0.2) is 24.3 Å². The number of carbonyl (C=O) groups excluding carboxylic acids is 1. The first-order valence-electron chi connectivity index (χ1n) is 7.71. The number of carbonyl (C=O) groups is 1. The van der Waals surface area contributed by atoms with Gasteiger partial charge in [-0.05, 0) is 12.8 Å². The van der Waals surface area contributed by atoms with Gasteiger partial charge in [-0.15, -0.1) is 0 Å². The summed E-state index contributed by atoms with van der Waals surface area (Å²) in [5.41, 5.74) is 2.71. The van der Waals surface area contributed by atoms with Crippen LogP contribution in [0.5, 0.6) is 0 Å². The van der Waals surface area contributed by atoms with E-state index in [9.17, 15) is 4.79 Å². The number of hydrogen-bond acceptors (Lipinski definition) is 1. The number of hydrogen-bond donors (Lipinski definition) is 1. The summed E-state index contributed by atoms with van der Waals surface area (Å²) in [6, 6.07) is 8.80. The lowest BCUT2D eigenvalue weighted by molar-refractivity contribution is -0.917. The molecule has 0 saturated carbocycles. The number of benzene rings is 1. The molecule has 1 aliphatic heterocycles. The summed E-state index contributed by atoms with van der Waals surface area (Å²) in [6.45, 7) is 11.4. The van der Waals surface area contributed by atoms with Crippen LogP contribution in [0, 0.1) is 12.8 Å². The third-order valence-corrected chi connectivity index (χ3v) is 3.98. The summed E-state index contributed by atoms with van der Waals surface area (Å²) < 4.78 is 0. The fraction of sp³-hybridized carbons (Fsp3) is 0.588. The Labute approximate surface area is 122 Å². The van der Waals surface area contributed by atoms with Gasteiger partial charge in [-0.25, -0.2) is 0 Å². The van der Waals surface area contributed by atoms with Crippen LogP contribution >= 0.6 is 0 Å². The fourth-order valence-electron chi connectivity index (χ4n) is 2.72. The minimum absolute atomic E-state index is 0.328. The second-order valence-electron chi connectivity index (χ2n) is 6.39. The lowest BCUT2D eigenvalue weighted by atomic mass is 10.1. The van der Waals surface area contributed by atoms with Gasteiger partial charge in [0.15, 0.2) is 0 Å². The molecule has 0 atom stereocenters. The highest BCUT2D eigenvalue weighted by molar-refractivity contribution is 5.76. The molecule has 20 heavy (non-hydrogen) atoms. The van der Waals surface area contributed by atoms with Crippen molar-refractivity contribution in [2.45, 2.75) is 33.7 Å². The number of piperazine rings is 1. The lowest BCUT2D eigenvalue weighted by Gasteiger charge is -2.32. The van der Waals surface area contributed by atoms with Crippen LogP contribution in [0.2, 0.25) is 0 Å². The highest BCUT2D eigenvalue weighted by Crippen LogP contribution is 2.05. The smallest absolute Gasteiger partial charge is 0.223 e. The summed E-state index contributed by atoms with van der Waals surface area (Å²) in [6.07, 6.45) is 0.688. The zero-order valence-corrected chi connectivity index (χ0v) is 13.0. The first kappa shape index (κ1) is 15.0. The highest BCUT2D eigenvalue weighted by atomic mass is 16.2. The van der Waals surface area contributed by atoms with Crippen LogP contribution in [0.3, 0.4) is 0 Å². The quantitative estimate of drug-likeness (QED) is 0.879. The topological polar surface area (TPSA) is 24.8 Å². The third kappa shape index (κ3) is 4.34. The molecule has 1 aromatic rings. The Hall–Kier alpha value is -1.35. The second kappa shape index (κ2) is 6.89. The summed E-state index contributed by atoms with van der Waals surface area (Å²) in [7, 11) is 0. The van der Waals surface area contributed by atoms with E-state index >= 15 is 0 Å². The standard InChI is InChI=1S/C17H26N2O/c1-14(2)12-17(20)19-10-8-18(9-11-19)13-16-6-4-15(3)5-7-16/h4-7,14H,8-13H2,1-3H3/p+1. The van der Waals surface area contributed by atoms with Gasteiger partial charge in [-0.2, -0.15) is 0 Å². The first-order valence-corrected chi connectivity index (χ1v) is 7.71. The second-order valence-corrected chi connectivity index (χ2v) is 6.39. The van der Waals surface area contributed by atoms with Crippen LogP contribution in [0.4, 0.5) is 0 Å². The molecule has 1 amide bonds. The number of rotatable bonds is 4. The third-order valence-electron chi connectivity index (χ3n) is 3.98. The Kier molecular flexibility index (Phi) is 5.18. The molecular weight excluding hydrogens is 248 g/mol. The van der Waals surface area contributed by atoms with E-state index in [4.69, 9.17) is 0 Å². The Balaban J connectivity index is 1.79. The molecular formula is C17H27N2O+. The Morgan fingerprint density at radius 2 is 1.80 bits per heavy atom. The van der Waals surface area contributed by atoms with Crippen LogP contribution in [-0.2, 0) is 11.3 Å². The molecule has 110 valence electrons. The van der Waals surface area contributed by atoms with E-state index < -0.39 is 0 Å². The predicted molar refractivity (Wildman–Crippen MR) is 81.6 cm³/mol. The molecule has 1 fully saturated rings.